The molecule has 0 aliphatic heterocycles. The summed E-state index contributed by atoms with van der Waals surface area (Å²) < 4.78 is 0. The average Bonchev–Trinajstić information content (AvgIpc) is 2.37. The van der Waals surface area contributed by atoms with Crippen molar-refractivity contribution in [2.45, 2.75) is 44.6 Å². The Hall–Kier alpha value is -1.16. The molecule has 0 atom stereocenters. The molecule has 4 bridgehead atoms. The normalized spacial score (nSPS) is 39.7. The fraction of sp³-hybridized carbons (Fsp3) is 0.733. The molecule has 5 rings (SSSR count). The van der Waals surface area contributed by atoms with Gasteiger partial charge in [0, 0.05) is 24.2 Å². The van der Waals surface area contributed by atoms with Crippen molar-refractivity contribution in [3.8, 4) is 0 Å². The first-order valence-electron chi connectivity index (χ1n) is 7.52. The van der Waals surface area contributed by atoms with Crippen molar-refractivity contribution in [2.75, 3.05) is 0 Å². The minimum Gasteiger partial charge on any atom is -0.326 e. The number of nitrogens with zero attached hydrogens (tertiary/aromatic N) is 1. The van der Waals surface area contributed by atoms with Gasteiger partial charge in [0.2, 0.25) is 0 Å². The van der Waals surface area contributed by atoms with Gasteiger partial charge >= 0.3 is 0 Å². The SMILES string of the molecule is NCc1cnc(C2C3CC4CC(C3)CC2C4)[nH]c1=O. The molecule has 4 nitrogen and oxygen atoms in total. The lowest BCUT2D eigenvalue weighted by Crippen LogP contribution is -2.44. The van der Waals surface area contributed by atoms with Gasteiger partial charge in [-0.2, -0.15) is 0 Å². The highest BCUT2D eigenvalue weighted by Crippen LogP contribution is 2.59. The fourth-order valence-electron chi connectivity index (χ4n) is 5.12. The van der Waals surface area contributed by atoms with Gasteiger partial charge in [0.25, 0.3) is 5.56 Å². The monoisotopic (exact) mass is 259 g/mol. The molecule has 19 heavy (non-hydrogen) atoms. The van der Waals surface area contributed by atoms with E-state index in [1.807, 2.05) is 0 Å². The Morgan fingerprint density at radius 3 is 2.32 bits per heavy atom. The van der Waals surface area contributed by atoms with Crippen molar-refractivity contribution >= 4 is 0 Å². The molecule has 0 aromatic carbocycles. The van der Waals surface area contributed by atoms with Gasteiger partial charge in [-0.1, -0.05) is 0 Å². The Labute approximate surface area is 112 Å². The molecule has 4 fully saturated rings. The number of aromatic nitrogens is 2. The predicted molar refractivity (Wildman–Crippen MR) is 72.5 cm³/mol. The van der Waals surface area contributed by atoms with Gasteiger partial charge in [-0.25, -0.2) is 4.98 Å². The summed E-state index contributed by atoms with van der Waals surface area (Å²) in [6, 6.07) is 0. The summed E-state index contributed by atoms with van der Waals surface area (Å²) in [6.07, 6.45) is 8.52. The molecule has 4 saturated carbocycles. The molecule has 0 spiro atoms. The minimum atomic E-state index is -0.0405. The molecular weight excluding hydrogens is 238 g/mol. The molecule has 0 amide bonds. The van der Waals surface area contributed by atoms with Crippen LogP contribution < -0.4 is 11.3 Å². The first-order valence-corrected chi connectivity index (χ1v) is 7.52. The second-order valence-corrected chi connectivity index (χ2v) is 6.78. The summed E-state index contributed by atoms with van der Waals surface area (Å²) in [7, 11) is 0. The quantitative estimate of drug-likeness (QED) is 0.850. The smallest absolute Gasteiger partial charge is 0.255 e. The van der Waals surface area contributed by atoms with Crippen LogP contribution in [0.25, 0.3) is 0 Å². The van der Waals surface area contributed by atoms with Crippen molar-refractivity contribution < 1.29 is 0 Å². The van der Waals surface area contributed by atoms with Gasteiger partial charge < -0.3 is 10.7 Å². The number of H-pyrrole nitrogens is 1. The Morgan fingerprint density at radius 1 is 1.16 bits per heavy atom. The van der Waals surface area contributed by atoms with Gasteiger partial charge in [0.15, 0.2) is 0 Å². The van der Waals surface area contributed by atoms with Crippen LogP contribution in [0, 0.1) is 23.7 Å². The molecule has 4 aliphatic carbocycles. The molecule has 0 radical (unpaired) electrons. The van der Waals surface area contributed by atoms with Gasteiger partial charge in [-0.3, -0.25) is 4.79 Å². The third kappa shape index (κ3) is 1.76. The van der Waals surface area contributed by atoms with Crippen molar-refractivity contribution in [3.05, 3.63) is 27.9 Å². The van der Waals surface area contributed by atoms with E-state index >= 15 is 0 Å². The van der Waals surface area contributed by atoms with Crippen molar-refractivity contribution in [3.63, 3.8) is 0 Å². The Balaban J connectivity index is 1.69. The van der Waals surface area contributed by atoms with E-state index in [1.165, 1.54) is 32.1 Å². The van der Waals surface area contributed by atoms with Crippen LogP contribution in [0.2, 0.25) is 0 Å². The number of hydrogen-bond acceptors (Lipinski definition) is 3. The van der Waals surface area contributed by atoms with Gasteiger partial charge in [0.1, 0.15) is 5.82 Å². The highest BCUT2D eigenvalue weighted by Gasteiger charge is 2.49. The molecule has 3 N–H and O–H groups in total. The van der Waals surface area contributed by atoms with Crippen molar-refractivity contribution in [2.24, 2.45) is 29.4 Å². The van der Waals surface area contributed by atoms with Crippen LogP contribution in [0.15, 0.2) is 11.0 Å². The topological polar surface area (TPSA) is 71.8 Å². The molecule has 4 aliphatic rings. The van der Waals surface area contributed by atoms with E-state index in [2.05, 4.69) is 9.97 Å². The van der Waals surface area contributed by atoms with Gasteiger partial charge in [0.05, 0.1) is 0 Å². The number of aromatic amines is 1. The third-order valence-corrected chi connectivity index (χ3v) is 5.66. The molecule has 1 heterocycles. The molecule has 1 aromatic heterocycles. The van der Waals surface area contributed by atoms with E-state index in [4.69, 9.17) is 5.73 Å². The summed E-state index contributed by atoms with van der Waals surface area (Å²) in [5, 5.41) is 0. The van der Waals surface area contributed by atoms with E-state index in [0.29, 0.717) is 11.5 Å². The van der Waals surface area contributed by atoms with Crippen LogP contribution in [0.4, 0.5) is 0 Å². The first kappa shape index (κ1) is 11.6. The van der Waals surface area contributed by atoms with Crippen LogP contribution in [0.3, 0.4) is 0 Å². The third-order valence-electron chi connectivity index (χ3n) is 5.66. The second kappa shape index (κ2) is 4.17. The van der Waals surface area contributed by atoms with E-state index in [0.717, 1.165) is 29.5 Å². The number of nitrogens with two attached hydrogens (primary N) is 1. The number of rotatable bonds is 2. The van der Waals surface area contributed by atoms with Gasteiger partial charge in [-0.05, 0) is 55.8 Å². The van der Waals surface area contributed by atoms with Crippen LogP contribution in [0.1, 0.15) is 49.4 Å². The zero-order chi connectivity index (χ0) is 13.0. The van der Waals surface area contributed by atoms with Crippen molar-refractivity contribution in [1.82, 2.24) is 9.97 Å². The lowest BCUT2D eigenvalue weighted by Gasteiger charge is -2.54. The summed E-state index contributed by atoms with van der Waals surface area (Å²) in [4.78, 5) is 19.5. The maximum Gasteiger partial charge on any atom is 0.255 e. The fourth-order valence-corrected chi connectivity index (χ4v) is 5.12. The molecule has 0 saturated heterocycles. The largest absolute Gasteiger partial charge is 0.326 e. The molecular formula is C15H21N3O. The molecule has 0 unspecified atom stereocenters. The van der Waals surface area contributed by atoms with Gasteiger partial charge in [-0.15, -0.1) is 0 Å². The Bertz CT molecular complexity index is 523. The highest BCUT2D eigenvalue weighted by atomic mass is 16.1. The minimum absolute atomic E-state index is 0.0405. The van der Waals surface area contributed by atoms with E-state index in [-0.39, 0.29) is 12.1 Å². The van der Waals surface area contributed by atoms with Crippen LogP contribution >= 0.6 is 0 Å². The van der Waals surface area contributed by atoms with Crippen molar-refractivity contribution in [1.29, 1.82) is 0 Å². The summed E-state index contributed by atoms with van der Waals surface area (Å²) in [5.74, 6) is 4.83. The van der Waals surface area contributed by atoms with Crippen LogP contribution in [-0.4, -0.2) is 9.97 Å². The molecule has 4 heteroatoms. The standard InChI is InChI=1S/C15H21N3O/c16-6-12-7-17-14(18-15(12)19)13-10-2-8-1-9(4-10)5-11(13)3-8/h7-11,13H,1-6,16H2,(H,17,18,19). The Morgan fingerprint density at radius 2 is 1.79 bits per heavy atom. The van der Waals surface area contributed by atoms with E-state index in [9.17, 15) is 4.79 Å². The zero-order valence-corrected chi connectivity index (χ0v) is 11.1. The molecule has 102 valence electrons. The van der Waals surface area contributed by atoms with E-state index in [1.54, 1.807) is 6.20 Å². The summed E-state index contributed by atoms with van der Waals surface area (Å²) >= 11 is 0. The highest BCUT2D eigenvalue weighted by molar-refractivity contribution is 5.13. The summed E-state index contributed by atoms with van der Waals surface area (Å²) in [5.41, 5.74) is 6.08. The van der Waals surface area contributed by atoms with E-state index < -0.39 is 0 Å². The average molecular weight is 259 g/mol. The number of hydrogen-bond donors (Lipinski definition) is 2. The lowest BCUT2D eigenvalue weighted by atomic mass is 9.51. The Kier molecular flexibility index (Phi) is 2.56. The maximum atomic E-state index is 11.9. The summed E-state index contributed by atoms with van der Waals surface area (Å²) in [6.45, 7) is 0.268. The van der Waals surface area contributed by atoms with Crippen LogP contribution in [-0.2, 0) is 6.54 Å². The number of nitrogens with one attached hydrogen (secondary N) is 1. The van der Waals surface area contributed by atoms with Crippen LogP contribution in [0.5, 0.6) is 0 Å². The molecule has 1 aromatic rings. The zero-order valence-electron chi connectivity index (χ0n) is 11.1. The maximum absolute atomic E-state index is 11.9. The second-order valence-electron chi connectivity index (χ2n) is 6.78. The predicted octanol–water partition coefficient (Wildman–Crippen LogP) is 1.77. The first-order chi connectivity index (χ1) is 9.24. The lowest BCUT2D eigenvalue weighted by molar-refractivity contribution is -0.00574.